The molecule has 32 heavy (non-hydrogen) atoms. The number of Topliss-reactive ketones (excluding diaryl/α,β-unsaturated/α-hetero) is 1. The molecule has 4 nitrogen and oxygen atoms in total. The van der Waals surface area contributed by atoms with E-state index in [2.05, 4.69) is 9.88 Å². The molecule has 176 valence electrons. The van der Waals surface area contributed by atoms with Crippen LogP contribution in [0.25, 0.3) is 11.4 Å². The number of rotatable bonds is 9. The monoisotopic (exact) mass is 469 g/mol. The molecule has 0 spiro atoms. The number of carbonyl (C=O) groups is 1. The predicted octanol–water partition coefficient (Wildman–Crippen LogP) is 6.52. The number of nitrogens with zero attached hydrogens (tertiary/aromatic N) is 2. The molecule has 8 heteroatoms. The van der Waals surface area contributed by atoms with Gasteiger partial charge in [-0.2, -0.15) is 13.2 Å². The lowest BCUT2D eigenvalue weighted by Crippen LogP contribution is -2.26. The zero-order valence-electron chi connectivity index (χ0n) is 18.7. The van der Waals surface area contributed by atoms with E-state index in [-0.39, 0.29) is 25.3 Å². The van der Waals surface area contributed by atoms with Crippen molar-refractivity contribution in [2.75, 3.05) is 13.1 Å². The minimum absolute atomic E-state index is 0.0296. The summed E-state index contributed by atoms with van der Waals surface area (Å²) in [5, 5.41) is 3.48. The molecule has 0 bridgehead atoms. The number of aromatic nitrogens is 2. The van der Waals surface area contributed by atoms with E-state index in [4.69, 9.17) is 16.6 Å². The van der Waals surface area contributed by atoms with Gasteiger partial charge in [-0.05, 0) is 69.3 Å². The first kappa shape index (κ1) is 24.8. The normalized spacial score (nSPS) is 15.3. The second-order valence-electron chi connectivity index (χ2n) is 8.76. The van der Waals surface area contributed by atoms with Crippen LogP contribution in [0, 0.1) is 19.8 Å². The zero-order valence-corrected chi connectivity index (χ0v) is 19.5. The first-order valence-electron chi connectivity index (χ1n) is 11.3. The van der Waals surface area contributed by atoms with Crippen LogP contribution in [0.5, 0.6) is 0 Å². The van der Waals surface area contributed by atoms with Crippen molar-refractivity contribution in [3.05, 3.63) is 40.2 Å². The average Bonchev–Trinajstić information content (AvgIpc) is 3.04. The Bertz CT molecular complexity index is 933. The van der Waals surface area contributed by atoms with E-state index in [1.54, 1.807) is 0 Å². The minimum Gasteiger partial charge on any atom is -0.327 e. The Morgan fingerprint density at radius 2 is 1.94 bits per heavy atom. The third-order valence-electron chi connectivity index (χ3n) is 6.18. The van der Waals surface area contributed by atoms with Gasteiger partial charge in [-0.25, -0.2) is 4.98 Å². The summed E-state index contributed by atoms with van der Waals surface area (Å²) in [6, 6.07) is 5.64. The molecule has 1 fully saturated rings. The maximum Gasteiger partial charge on any atom is 0.389 e. The first-order valence-corrected chi connectivity index (χ1v) is 11.7. The van der Waals surface area contributed by atoms with E-state index in [1.807, 2.05) is 32.0 Å². The van der Waals surface area contributed by atoms with E-state index < -0.39 is 12.6 Å². The molecule has 0 amide bonds. The van der Waals surface area contributed by atoms with Crippen LogP contribution in [-0.4, -0.2) is 34.6 Å². The third-order valence-corrected chi connectivity index (χ3v) is 6.41. The number of halogens is 4. The standard InChI is InChI=1S/C24H31ClF3N3O/c1-16-13-19(25)9-10-20(16)23-30-22(21(32)14-29-12-6-11-24(26,27)28)17(2)31(23)15-18-7-4-3-5-8-18/h9-10,13,18,29H,3-8,11-12,14-15H2,1-2H3. The predicted molar refractivity (Wildman–Crippen MR) is 121 cm³/mol. The Morgan fingerprint density at radius 3 is 2.59 bits per heavy atom. The van der Waals surface area contributed by atoms with Crippen LogP contribution >= 0.6 is 11.6 Å². The van der Waals surface area contributed by atoms with Crippen LogP contribution in [0.4, 0.5) is 13.2 Å². The summed E-state index contributed by atoms with van der Waals surface area (Å²) < 4.78 is 39.0. The SMILES string of the molecule is Cc1cc(Cl)ccc1-c1nc(C(=O)CNCCCC(F)(F)F)c(C)n1CC1CCCCC1. The topological polar surface area (TPSA) is 46.9 Å². The third kappa shape index (κ3) is 6.58. The average molecular weight is 470 g/mol. The molecule has 1 aliphatic rings. The van der Waals surface area contributed by atoms with E-state index in [1.165, 1.54) is 32.1 Å². The largest absolute Gasteiger partial charge is 0.389 e. The zero-order chi connectivity index (χ0) is 23.3. The molecule has 1 heterocycles. The van der Waals surface area contributed by atoms with E-state index in [0.717, 1.165) is 29.2 Å². The fraction of sp³-hybridized carbons (Fsp3) is 0.583. The smallest absolute Gasteiger partial charge is 0.327 e. The van der Waals surface area contributed by atoms with Gasteiger partial charge in [0.25, 0.3) is 0 Å². The van der Waals surface area contributed by atoms with Crippen LogP contribution in [-0.2, 0) is 6.54 Å². The van der Waals surface area contributed by atoms with Gasteiger partial charge >= 0.3 is 6.18 Å². The summed E-state index contributed by atoms with van der Waals surface area (Å²) in [4.78, 5) is 17.6. The summed E-state index contributed by atoms with van der Waals surface area (Å²) >= 11 is 6.14. The summed E-state index contributed by atoms with van der Waals surface area (Å²) in [5.41, 5.74) is 3.11. The summed E-state index contributed by atoms with van der Waals surface area (Å²) in [6.45, 7) is 4.79. The molecule has 2 aromatic rings. The number of ketones is 1. The highest BCUT2D eigenvalue weighted by Gasteiger charge is 2.26. The van der Waals surface area contributed by atoms with Crippen molar-refractivity contribution in [1.82, 2.24) is 14.9 Å². The second-order valence-corrected chi connectivity index (χ2v) is 9.20. The molecule has 1 saturated carbocycles. The molecule has 0 unspecified atom stereocenters. The van der Waals surface area contributed by atoms with Crippen LogP contribution in [0.2, 0.25) is 5.02 Å². The van der Waals surface area contributed by atoms with Crippen LogP contribution in [0.1, 0.15) is 66.7 Å². The molecule has 1 aromatic carbocycles. The Hall–Kier alpha value is -1.86. The van der Waals surface area contributed by atoms with Gasteiger partial charge in [-0.1, -0.05) is 30.9 Å². The number of hydrogen-bond acceptors (Lipinski definition) is 3. The summed E-state index contributed by atoms with van der Waals surface area (Å²) in [5.74, 6) is 1.10. The van der Waals surface area contributed by atoms with Gasteiger partial charge in [-0.15, -0.1) is 0 Å². The van der Waals surface area contributed by atoms with Gasteiger partial charge in [0.15, 0.2) is 5.78 Å². The lowest BCUT2D eigenvalue weighted by molar-refractivity contribution is -0.135. The van der Waals surface area contributed by atoms with Crippen molar-refractivity contribution >= 4 is 17.4 Å². The van der Waals surface area contributed by atoms with Crippen LogP contribution < -0.4 is 5.32 Å². The lowest BCUT2D eigenvalue weighted by Gasteiger charge is -2.24. The first-order chi connectivity index (χ1) is 15.2. The van der Waals surface area contributed by atoms with Gasteiger partial charge in [0.05, 0.1) is 6.54 Å². The quantitative estimate of drug-likeness (QED) is 0.336. The van der Waals surface area contributed by atoms with Crippen molar-refractivity contribution < 1.29 is 18.0 Å². The highest BCUT2D eigenvalue weighted by Crippen LogP contribution is 2.31. The highest BCUT2D eigenvalue weighted by molar-refractivity contribution is 6.30. The number of hydrogen-bond donors (Lipinski definition) is 1. The molecule has 0 radical (unpaired) electrons. The number of aryl methyl sites for hydroxylation is 1. The molecular weight excluding hydrogens is 439 g/mol. The Labute approximate surface area is 192 Å². The Morgan fingerprint density at radius 1 is 1.22 bits per heavy atom. The van der Waals surface area contributed by atoms with E-state index in [0.29, 0.717) is 16.6 Å². The maximum absolute atomic E-state index is 12.9. The van der Waals surface area contributed by atoms with Gasteiger partial charge in [0, 0.05) is 29.2 Å². The van der Waals surface area contributed by atoms with Gasteiger partial charge in [0.2, 0.25) is 0 Å². The van der Waals surface area contributed by atoms with Crippen LogP contribution in [0.3, 0.4) is 0 Å². The highest BCUT2D eigenvalue weighted by atomic mass is 35.5. The molecule has 3 rings (SSSR count). The summed E-state index contributed by atoms with van der Waals surface area (Å²) in [6.07, 6.45) is 0.965. The van der Waals surface area contributed by atoms with E-state index >= 15 is 0 Å². The van der Waals surface area contributed by atoms with Gasteiger partial charge in [-0.3, -0.25) is 4.79 Å². The van der Waals surface area contributed by atoms with Crippen molar-refractivity contribution in [1.29, 1.82) is 0 Å². The second kappa shape index (κ2) is 10.8. The van der Waals surface area contributed by atoms with Crippen molar-refractivity contribution in [2.24, 2.45) is 5.92 Å². The molecular formula is C24H31ClF3N3O. The molecule has 1 N–H and O–H groups in total. The minimum atomic E-state index is -4.18. The van der Waals surface area contributed by atoms with Crippen molar-refractivity contribution in [3.8, 4) is 11.4 Å². The molecule has 1 aromatic heterocycles. The molecule has 0 atom stereocenters. The molecule has 1 aliphatic carbocycles. The van der Waals surface area contributed by atoms with E-state index in [9.17, 15) is 18.0 Å². The van der Waals surface area contributed by atoms with Gasteiger partial charge < -0.3 is 9.88 Å². The number of benzene rings is 1. The number of carbonyl (C=O) groups excluding carboxylic acids is 1. The number of imidazole rings is 1. The lowest BCUT2D eigenvalue weighted by atomic mass is 9.89. The fourth-order valence-electron chi connectivity index (χ4n) is 4.43. The number of nitrogens with one attached hydrogen (secondary N) is 1. The van der Waals surface area contributed by atoms with Crippen LogP contribution in [0.15, 0.2) is 18.2 Å². The fourth-order valence-corrected chi connectivity index (χ4v) is 4.66. The Kier molecular flexibility index (Phi) is 8.39. The summed E-state index contributed by atoms with van der Waals surface area (Å²) in [7, 11) is 0. The maximum atomic E-state index is 12.9. The van der Waals surface area contributed by atoms with Gasteiger partial charge in [0.1, 0.15) is 11.5 Å². The molecule has 0 saturated heterocycles. The number of alkyl halides is 3. The van der Waals surface area contributed by atoms with Crippen molar-refractivity contribution in [2.45, 2.75) is 71.5 Å². The van der Waals surface area contributed by atoms with Crippen molar-refractivity contribution in [3.63, 3.8) is 0 Å². The Balaban J connectivity index is 1.81. The molecule has 0 aliphatic heterocycles.